The van der Waals surface area contributed by atoms with Crippen molar-refractivity contribution in [3.63, 3.8) is 0 Å². The quantitative estimate of drug-likeness (QED) is 0.671. The summed E-state index contributed by atoms with van der Waals surface area (Å²) >= 11 is 0. The Morgan fingerprint density at radius 3 is 2.29 bits per heavy atom. The maximum atomic E-state index is 13.5. The van der Waals surface area contributed by atoms with Crippen molar-refractivity contribution >= 4 is 6.09 Å². The molecule has 3 heterocycles. The maximum Gasteiger partial charge on any atom is 0.431 e. The van der Waals surface area contributed by atoms with Crippen molar-refractivity contribution in [2.45, 2.75) is 57.5 Å². The number of alkyl halides is 3. The number of fused-ring (bicyclic) bond motifs is 2. The highest BCUT2D eigenvalue weighted by molar-refractivity contribution is 5.68. The lowest BCUT2D eigenvalue weighted by Gasteiger charge is -2.50. The number of likely N-dealkylation sites (N-methyl/N-ethyl adjacent to an activating group) is 1. The van der Waals surface area contributed by atoms with Gasteiger partial charge in [0.1, 0.15) is 17.4 Å². The Morgan fingerprint density at radius 2 is 1.79 bits per heavy atom. The van der Waals surface area contributed by atoms with Crippen LogP contribution in [0, 0.1) is 11.3 Å². The summed E-state index contributed by atoms with van der Waals surface area (Å²) in [7, 11) is 1.87. The number of halogens is 3. The highest BCUT2D eigenvalue weighted by atomic mass is 19.4. The van der Waals surface area contributed by atoms with Crippen LogP contribution in [-0.2, 0) is 23.0 Å². The molecule has 1 aromatic rings. The Bertz CT molecular complexity index is 809. The number of carbonyl (C=O) groups is 1. The van der Waals surface area contributed by atoms with Crippen LogP contribution in [0.1, 0.15) is 50.6 Å². The number of piperidine rings is 1. The fraction of sp³-hybridized carbons (Fsp3) is 0.684. The minimum absolute atomic E-state index is 0.0598. The summed E-state index contributed by atoms with van der Waals surface area (Å²) in [5, 5.41) is 9.51. The van der Waals surface area contributed by atoms with E-state index in [9.17, 15) is 23.2 Å². The van der Waals surface area contributed by atoms with Crippen LogP contribution < -0.4 is 0 Å². The summed E-state index contributed by atoms with van der Waals surface area (Å²) in [5.41, 5.74) is -1.62. The van der Waals surface area contributed by atoms with Crippen LogP contribution in [0.4, 0.5) is 18.0 Å². The molecular weight excluding hydrogens is 373 g/mol. The Labute approximate surface area is 162 Å². The molecule has 9 heteroatoms. The first-order valence-electron chi connectivity index (χ1n) is 9.29. The van der Waals surface area contributed by atoms with Gasteiger partial charge in [-0.1, -0.05) is 0 Å². The van der Waals surface area contributed by atoms with Crippen LogP contribution in [0.25, 0.3) is 0 Å². The second-order valence-corrected chi connectivity index (χ2v) is 8.47. The molecule has 0 N–H and O–H groups in total. The molecular formula is C19H25F3N4O2. The van der Waals surface area contributed by atoms with Crippen molar-refractivity contribution in [1.29, 1.82) is 5.26 Å². The van der Waals surface area contributed by atoms with Gasteiger partial charge in [-0.25, -0.2) is 4.79 Å². The molecule has 0 radical (unpaired) electrons. The second-order valence-electron chi connectivity index (χ2n) is 8.47. The lowest BCUT2D eigenvalue weighted by atomic mass is 9.80. The first-order chi connectivity index (χ1) is 12.9. The van der Waals surface area contributed by atoms with Gasteiger partial charge in [-0.3, -0.25) is 4.90 Å². The molecule has 0 aromatic carbocycles. The molecule has 1 fully saturated rings. The number of ether oxygens (including phenoxy) is 1. The third-order valence-electron chi connectivity index (χ3n) is 5.58. The molecule has 6 nitrogen and oxygen atoms in total. The monoisotopic (exact) mass is 398 g/mol. The van der Waals surface area contributed by atoms with Gasteiger partial charge in [0.05, 0.1) is 16.8 Å². The van der Waals surface area contributed by atoms with E-state index in [0.29, 0.717) is 38.2 Å². The predicted molar refractivity (Wildman–Crippen MR) is 95.5 cm³/mol. The number of nitrogens with zero attached hydrogens (tertiary/aromatic N) is 4. The standard InChI is InChI=1S/C19H25F3N4O2/c1-17(2,3)28-16(27)25-7-5-18(6-8-25)15-13(12-23)11-14(19(20,21)22)26(15)10-9-24(18)4/h11H,5-10H2,1-4H3. The normalized spacial score (nSPS) is 20.0. The van der Waals surface area contributed by atoms with E-state index in [1.807, 2.05) is 18.0 Å². The molecule has 1 amide bonds. The lowest BCUT2D eigenvalue weighted by molar-refractivity contribution is -0.144. The van der Waals surface area contributed by atoms with Gasteiger partial charge < -0.3 is 14.2 Å². The average Bonchev–Trinajstić information content (AvgIpc) is 2.97. The highest BCUT2D eigenvalue weighted by Gasteiger charge is 2.49. The summed E-state index contributed by atoms with van der Waals surface area (Å²) < 4.78 is 47.1. The molecule has 0 bridgehead atoms. The van der Waals surface area contributed by atoms with E-state index in [1.54, 1.807) is 25.7 Å². The molecule has 0 atom stereocenters. The number of aromatic nitrogens is 1. The first kappa shape index (κ1) is 20.5. The van der Waals surface area contributed by atoms with Crippen molar-refractivity contribution < 1.29 is 22.7 Å². The number of hydrogen-bond donors (Lipinski definition) is 0. The van der Waals surface area contributed by atoms with E-state index in [1.165, 1.54) is 4.57 Å². The van der Waals surface area contributed by atoms with Gasteiger partial charge in [0.15, 0.2) is 0 Å². The van der Waals surface area contributed by atoms with Gasteiger partial charge in [-0.2, -0.15) is 18.4 Å². The molecule has 0 unspecified atom stereocenters. The topological polar surface area (TPSA) is 61.5 Å². The van der Waals surface area contributed by atoms with Crippen LogP contribution in [0.2, 0.25) is 0 Å². The fourth-order valence-corrected chi connectivity index (χ4v) is 4.25. The van der Waals surface area contributed by atoms with Crippen LogP contribution in [0.15, 0.2) is 6.07 Å². The van der Waals surface area contributed by atoms with E-state index in [-0.39, 0.29) is 12.1 Å². The molecule has 2 aliphatic heterocycles. The Balaban J connectivity index is 1.94. The number of rotatable bonds is 0. The molecule has 1 aromatic heterocycles. The molecule has 1 saturated heterocycles. The third-order valence-corrected chi connectivity index (χ3v) is 5.58. The minimum Gasteiger partial charge on any atom is -0.444 e. The van der Waals surface area contributed by atoms with E-state index >= 15 is 0 Å². The molecule has 2 aliphatic rings. The Hall–Kier alpha value is -2.21. The predicted octanol–water partition coefficient (Wildman–Crippen LogP) is 3.55. The van der Waals surface area contributed by atoms with Gasteiger partial charge >= 0.3 is 12.3 Å². The van der Waals surface area contributed by atoms with Gasteiger partial charge in [0.2, 0.25) is 0 Å². The van der Waals surface area contributed by atoms with E-state index < -0.39 is 29.1 Å². The number of likely N-dealkylation sites (tertiary alicyclic amines) is 1. The molecule has 1 spiro atoms. The minimum atomic E-state index is -4.52. The lowest BCUT2D eigenvalue weighted by Crippen LogP contribution is -2.57. The second kappa shape index (κ2) is 6.69. The summed E-state index contributed by atoms with van der Waals surface area (Å²) in [6.07, 6.45) is -4.05. The van der Waals surface area contributed by atoms with Crippen molar-refractivity contribution in [2.75, 3.05) is 26.7 Å². The molecule has 28 heavy (non-hydrogen) atoms. The van der Waals surface area contributed by atoms with Gasteiger partial charge in [-0.05, 0) is 46.7 Å². The highest BCUT2D eigenvalue weighted by Crippen LogP contribution is 2.45. The van der Waals surface area contributed by atoms with Crippen molar-refractivity contribution in [1.82, 2.24) is 14.4 Å². The Kier molecular flexibility index (Phi) is 4.90. The van der Waals surface area contributed by atoms with Crippen molar-refractivity contribution in [3.05, 3.63) is 23.0 Å². The third kappa shape index (κ3) is 3.46. The number of carbonyl (C=O) groups excluding carboxylic acids is 1. The fourth-order valence-electron chi connectivity index (χ4n) is 4.25. The smallest absolute Gasteiger partial charge is 0.431 e. The summed E-state index contributed by atoms with van der Waals surface area (Å²) in [4.78, 5) is 16.0. The molecule has 0 aliphatic carbocycles. The maximum absolute atomic E-state index is 13.5. The van der Waals surface area contributed by atoms with E-state index in [4.69, 9.17) is 4.74 Å². The van der Waals surface area contributed by atoms with Gasteiger partial charge in [0, 0.05) is 26.2 Å². The van der Waals surface area contributed by atoms with Gasteiger partial charge in [-0.15, -0.1) is 0 Å². The largest absolute Gasteiger partial charge is 0.444 e. The molecule has 3 rings (SSSR count). The summed E-state index contributed by atoms with van der Waals surface area (Å²) in [6, 6.07) is 2.91. The average molecular weight is 398 g/mol. The molecule has 154 valence electrons. The zero-order valence-corrected chi connectivity index (χ0v) is 16.6. The zero-order valence-electron chi connectivity index (χ0n) is 16.6. The SMILES string of the molecule is CN1CCn2c(C(F)(F)F)cc(C#N)c2C12CCN(C(=O)OC(C)(C)C)CC2. The number of amides is 1. The molecule has 0 saturated carbocycles. The van der Waals surface area contributed by atoms with E-state index in [2.05, 4.69) is 0 Å². The summed E-state index contributed by atoms with van der Waals surface area (Å²) in [6.45, 7) is 6.71. The number of nitriles is 1. The van der Waals surface area contributed by atoms with Crippen LogP contribution >= 0.6 is 0 Å². The Morgan fingerprint density at radius 1 is 1.18 bits per heavy atom. The van der Waals surface area contributed by atoms with Crippen molar-refractivity contribution in [2.24, 2.45) is 0 Å². The first-order valence-corrected chi connectivity index (χ1v) is 9.29. The van der Waals surface area contributed by atoms with E-state index in [0.717, 1.165) is 6.07 Å². The van der Waals surface area contributed by atoms with Crippen LogP contribution in [-0.4, -0.2) is 52.7 Å². The van der Waals surface area contributed by atoms with Crippen LogP contribution in [0.3, 0.4) is 0 Å². The summed E-state index contributed by atoms with van der Waals surface area (Å²) in [5.74, 6) is 0. The van der Waals surface area contributed by atoms with Crippen molar-refractivity contribution in [3.8, 4) is 6.07 Å². The number of hydrogen-bond acceptors (Lipinski definition) is 4. The van der Waals surface area contributed by atoms with Gasteiger partial charge in [0.25, 0.3) is 0 Å². The zero-order chi connectivity index (χ0) is 20.9. The van der Waals surface area contributed by atoms with Crippen LogP contribution in [0.5, 0.6) is 0 Å².